The molecule has 1 aliphatic carbocycles. The lowest BCUT2D eigenvalue weighted by atomic mass is 10.0. The third-order valence-electron chi connectivity index (χ3n) is 3.14. The molecule has 0 bridgehead atoms. The van der Waals surface area contributed by atoms with E-state index < -0.39 is 0 Å². The molecule has 14 heavy (non-hydrogen) atoms. The van der Waals surface area contributed by atoms with E-state index in [0.717, 1.165) is 32.1 Å². The van der Waals surface area contributed by atoms with Gasteiger partial charge >= 0.3 is 0 Å². The molecule has 1 nitrogen and oxygen atoms in total. The number of hydrogen-bond donors (Lipinski definition) is 1. The zero-order chi connectivity index (χ0) is 10.0. The molecule has 1 saturated carbocycles. The first-order valence-electron chi connectivity index (χ1n) is 5.52. The number of hydrogen-bond acceptors (Lipinski definition) is 1. The van der Waals surface area contributed by atoms with Gasteiger partial charge in [0, 0.05) is 0 Å². The summed E-state index contributed by atoms with van der Waals surface area (Å²) in [5.41, 5.74) is 2.44. The summed E-state index contributed by atoms with van der Waals surface area (Å²) < 4.78 is 0. The highest BCUT2D eigenvalue weighted by Crippen LogP contribution is 2.39. The summed E-state index contributed by atoms with van der Waals surface area (Å²) in [6.07, 6.45) is 5.04. The van der Waals surface area contributed by atoms with Gasteiger partial charge in [0.1, 0.15) is 0 Å². The van der Waals surface area contributed by atoms with E-state index in [1.165, 1.54) is 11.1 Å². The van der Waals surface area contributed by atoms with Crippen molar-refractivity contribution in [2.24, 2.45) is 0 Å². The lowest BCUT2D eigenvalue weighted by Crippen LogP contribution is -2.07. The molecule has 1 fully saturated rings. The normalized spacial score (nSPS) is 18.1. The molecule has 1 aromatic rings. The lowest BCUT2D eigenvalue weighted by molar-refractivity contribution is 0.140. The van der Waals surface area contributed by atoms with Gasteiger partial charge in [0.15, 0.2) is 0 Å². The minimum Gasteiger partial charge on any atom is -0.390 e. The van der Waals surface area contributed by atoms with Crippen LogP contribution in [-0.4, -0.2) is 10.7 Å². The fourth-order valence-electron chi connectivity index (χ4n) is 1.71. The van der Waals surface area contributed by atoms with Gasteiger partial charge in [0.05, 0.1) is 5.60 Å². The second-order valence-electron chi connectivity index (χ2n) is 4.39. The Morgan fingerprint density at radius 3 is 2.21 bits per heavy atom. The molecular weight excluding hydrogens is 172 g/mol. The number of aliphatic hydroxyl groups is 1. The largest absolute Gasteiger partial charge is 0.390 e. The number of aryl methyl sites for hydroxylation is 2. The molecule has 1 N–H and O–H groups in total. The van der Waals surface area contributed by atoms with Crippen LogP contribution in [0.4, 0.5) is 0 Å². The summed E-state index contributed by atoms with van der Waals surface area (Å²) in [4.78, 5) is 0. The summed E-state index contributed by atoms with van der Waals surface area (Å²) in [5.74, 6) is 0. The molecule has 1 aromatic carbocycles. The first-order valence-corrected chi connectivity index (χ1v) is 5.52. The van der Waals surface area contributed by atoms with Crippen LogP contribution < -0.4 is 0 Å². The van der Waals surface area contributed by atoms with Crippen LogP contribution in [0.3, 0.4) is 0 Å². The predicted octanol–water partition coefficient (Wildman–Crippen LogP) is 2.71. The molecular formula is C13H18O. The van der Waals surface area contributed by atoms with E-state index in [-0.39, 0.29) is 5.60 Å². The van der Waals surface area contributed by atoms with Gasteiger partial charge in [-0.2, -0.15) is 0 Å². The molecule has 0 atom stereocenters. The Balaban J connectivity index is 1.89. The van der Waals surface area contributed by atoms with E-state index >= 15 is 0 Å². The molecule has 0 saturated heterocycles. The third kappa shape index (κ3) is 2.36. The van der Waals surface area contributed by atoms with Gasteiger partial charge in [-0.15, -0.1) is 0 Å². The molecule has 0 aromatic heterocycles. The Morgan fingerprint density at radius 2 is 1.71 bits per heavy atom. The Labute approximate surface area is 85.8 Å². The molecule has 0 aliphatic heterocycles. The highest BCUT2D eigenvalue weighted by molar-refractivity contribution is 5.23. The van der Waals surface area contributed by atoms with Crippen molar-refractivity contribution in [3.8, 4) is 0 Å². The standard InChI is InChI=1S/C13H18O/c1-2-11-3-5-12(6-4-11)7-8-13(14)9-10-13/h3-6,14H,2,7-10H2,1H3. The summed E-state index contributed by atoms with van der Waals surface area (Å²) >= 11 is 0. The van der Waals surface area contributed by atoms with Crippen molar-refractivity contribution >= 4 is 0 Å². The predicted molar refractivity (Wildman–Crippen MR) is 58.3 cm³/mol. The maximum Gasteiger partial charge on any atom is 0.0653 e. The van der Waals surface area contributed by atoms with Crippen LogP contribution in [-0.2, 0) is 12.8 Å². The van der Waals surface area contributed by atoms with Crippen LogP contribution in [0.15, 0.2) is 24.3 Å². The van der Waals surface area contributed by atoms with E-state index in [0.29, 0.717) is 0 Å². The van der Waals surface area contributed by atoms with Crippen molar-refractivity contribution in [3.05, 3.63) is 35.4 Å². The summed E-state index contributed by atoms with van der Waals surface area (Å²) in [6.45, 7) is 2.17. The molecule has 0 unspecified atom stereocenters. The van der Waals surface area contributed by atoms with Gasteiger partial charge in [0.2, 0.25) is 0 Å². The molecule has 76 valence electrons. The first kappa shape index (κ1) is 9.72. The third-order valence-corrected chi connectivity index (χ3v) is 3.14. The molecule has 1 aliphatic rings. The van der Waals surface area contributed by atoms with E-state index in [2.05, 4.69) is 31.2 Å². The molecule has 0 amide bonds. The van der Waals surface area contributed by atoms with Gasteiger partial charge in [-0.05, 0) is 43.2 Å². The van der Waals surface area contributed by atoms with Crippen molar-refractivity contribution in [2.75, 3.05) is 0 Å². The van der Waals surface area contributed by atoms with Gasteiger partial charge in [-0.25, -0.2) is 0 Å². The molecule has 2 rings (SSSR count). The fraction of sp³-hybridized carbons (Fsp3) is 0.538. The Morgan fingerprint density at radius 1 is 1.14 bits per heavy atom. The van der Waals surface area contributed by atoms with Crippen LogP contribution in [0.5, 0.6) is 0 Å². The Bertz CT molecular complexity index is 296. The zero-order valence-electron chi connectivity index (χ0n) is 8.79. The van der Waals surface area contributed by atoms with Crippen LogP contribution in [0.2, 0.25) is 0 Å². The van der Waals surface area contributed by atoms with Crippen molar-refractivity contribution in [2.45, 2.75) is 44.6 Å². The van der Waals surface area contributed by atoms with Crippen molar-refractivity contribution in [1.29, 1.82) is 0 Å². The van der Waals surface area contributed by atoms with Crippen molar-refractivity contribution in [3.63, 3.8) is 0 Å². The van der Waals surface area contributed by atoms with Gasteiger partial charge in [-0.3, -0.25) is 0 Å². The number of benzene rings is 1. The zero-order valence-corrected chi connectivity index (χ0v) is 8.79. The molecule has 1 heteroatoms. The minimum absolute atomic E-state index is 0.302. The highest BCUT2D eigenvalue weighted by Gasteiger charge is 2.39. The highest BCUT2D eigenvalue weighted by atomic mass is 16.3. The van der Waals surface area contributed by atoms with Crippen LogP contribution in [0, 0.1) is 0 Å². The SMILES string of the molecule is CCc1ccc(CCC2(O)CC2)cc1. The second-order valence-corrected chi connectivity index (χ2v) is 4.39. The molecule has 0 heterocycles. The van der Waals surface area contributed by atoms with Gasteiger partial charge in [0.25, 0.3) is 0 Å². The molecule has 0 radical (unpaired) electrons. The topological polar surface area (TPSA) is 20.2 Å². The van der Waals surface area contributed by atoms with Crippen LogP contribution in [0.1, 0.15) is 37.3 Å². The smallest absolute Gasteiger partial charge is 0.0653 e. The van der Waals surface area contributed by atoms with Crippen molar-refractivity contribution in [1.82, 2.24) is 0 Å². The van der Waals surface area contributed by atoms with E-state index in [9.17, 15) is 5.11 Å². The molecule has 0 spiro atoms. The summed E-state index contributed by atoms with van der Waals surface area (Å²) in [7, 11) is 0. The minimum atomic E-state index is -0.302. The Hall–Kier alpha value is -0.820. The van der Waals surface area contributed by atoms with Gasteiger partial charge < -0.3 is 5.11 Å². The first-order chi connectivity index (χ1) is 6.72. The van der Waals surface area contributed by atoms with Crippen molar-refractivity contribution < 1.29 is 5.11 Å². The van der Waals surface area contributed by atoms with Gasteiger partial charge in [-0.1, -0.05) is 31.2 Å². The average Bonchev–Trinajstić information content (AvgIpc) is 2.95. The Kier molecular flexibility index (Phi) is 2.60. The fourth-order valence-corrected chi connectivity index (χ4v) is 1.71. The quantitative estimate of drug-likeness (QED) is 0.774. The summed E-state index contributed by atoms with van der Waals surface area (Å²) in [5, 5.41) is 9.69. The lowest BCUT2D eigenvalue weighted by Gasteiger charge is -2.07. The van der Waals surface area contributed by atoms with E-state index in [4.69, 9.17) is 0 Å². The van der Waals surface area contributed by atoms with Crippen LogP contribution >= 0.6 is 0 Å². The monoisotopic (exact) mass is 190 g/mol. The van der Waals surface area contributed by atoms with E-state index in [1.807, 2.05) is 0 Å². The van der Waals surface area contributed by atoms with E-state index in [1.54, 1.807) is 0 Å². The average molecular weight is 190 g/mol. The maximum atomic E-state index is 9.69. The van der Waals surface area contributed by atoms with Crippen LogP contribution in [0.25, 0.3) is 0 Å². The number of rotatable bonds is 4. The summed E-state index contributed by atoms with van der Waals surface area (Å²) in [6, 6.07) is 8.74. The maximum absolute atomic E-state index is 9.69. The second kappa shape index (κ2) is 3.74.